The Morgan fingerprint density at radius 3 is 1.21 bits per heavy atom. The molecule has 0 N–H and O–H groups in total. The van der Waals surface area contributed by atoms with Gasteiger partial charge in [-0.3, -0.25) is 9.59 Å². The van der Waals surface area contributed by atoms with E-state index in [1.807, 2.05) is 0 Å². The van der Waals surface area contributed by atoms with Crippen molar-refractivity contribution in [3.63, 3.8) is 0 Å². The van der Waals surface area contributed by atoms with E-state index < -0.39 is 0 Å². The lowest BCUT2D eigenvalue weighted by Gasteiger charge is -2.24. The summed E-state index contributed by atoms with van der Waals surface area (Å²) in [7, 11) is 0. The molecule has 0 amide bonds. The zero-order valence-electron chi connectivity index (χ0n) is 20.1. The van der Waals surface area contributed by atoms with Crippen molar-refractivity contribution in [2.45, 2.75) is 155 Å². The number of hydrogen-bond donors (Lipinski definition) is 0. The van der Waals surface area contributed by atoms with Crippen LogP contribution in [0.4, 0.5) is 0 Å². The molecule has 0 fully saturated rings. The van der Waals surface area contributed by atoms with Crippen LogP contribution in [0, 0.1) is 0 Å². The molecule has 3 heteroatoms. The maximum absolute atomic E-state index is 12.8. The van der Waals surface area contributed by atoms with Crippen molar-refractivity contribution < 1.29 is 14.3 Å². The summed E-state index contributed by atoms with van der Waals surface area (Å²) in [5.74, 6) is 0.430. The zero-order valence-corrected chi connectivity index (χ0v) is 20.1. The number of hydrogen-bond acceptors (Lipinski definition) is 3. The molecule has 0 aromatic heterocycles. The van der Waals surface area contributed by atoms with Crippen LogP contribution in [0.1, 0.15) is 143 Å². The van der Waals surface area contributed by atoms with Gasteiger partial charge in [0.15, 0.2) is 11.6 Å². The molecular formula is C26H50O3. The molecule has 172 valence electrons. The molecule has 2 unspecified atom stereocenters. The SMILES string of the molecule is CCCCCCCC(=O)C(CCCC)OC(CCCC)C(=O)CCCCCCC. The molecule has 0 aromatic rings. The van der Waals surface area contributed by atoms with Crippen molar-refractivity contribution in [1.29, 1.82) is 0 Å². The standard InChI is InChI=1S/C26H50O3/c1-5-9-13-15-17-19-23(27)25(21-11-7-3)29-26(22-12-8-4)24(28)20-18-16-14-10-6-2/h25-26H,5-22H2,1-4H3. The summed E-state index contributed by atoms with van der Waals surface area (Å²) in [5, 5.41) is 0. The summed E-state index contributed by atoms with van der Waals surface area (Å²) in [6.45, 7) is 8.69. The van der Waals surface area contributed by atoms with Gasteiger partial charge in [-0.2, -0.15) is 0 Å². The lowest BCUT2D eigenvalue weighted by Crippen LogP contribution is -2.34. The maximum Gasteiger partial charge on any atom is 0.161 e. The van der Waals surface area contributed by atoms with E-state index in [2.05, 4.69) is 27.7 Å². The first-order valence-electron chi connectivity index (χ1n) is 12.8. The van der Waals surface area contributed by atoms with Crippen molar-refractivity contribution in [1.82, 2.24) is 0 Å². The van der Waals surface area contributed by atoms with Crippen LogP contribution in [-0.2, 0) is 14.3 Å². The van der Waals surface area contributed by atoms with Gasteiger partial charge in [-0.1, -0.05) is 105 Å². The first-order chi connectivity index (χ1) is 14.1. The number of ketones is 2. The second-order valence-corrected chi connectivity index (χ2v) is 8.66. The molecule has 0 aromatic carbocycles. The molecular weight excluding hydrogens is 360 g/mol. The Hall–Kier alpha value is -0.700. The summed E-state index contributed by atoms with van der Waals surface area (Å²) >= 11 is 0. The average molecular weight is 411 g/mol. The van der Waals surface area contributed by atoms with E-state index in [1.165, 1.54) is 38.5 Å². The van der Waals surface area contributed by atoms with Gasteiger partial charge in [0.2, 0.25) is 0 Å². The van der Waals surface area contributed by atoms with Crippen LogP contribution in [0.25, 0.3) is 0 Å². The fourth-order valence-corrected chi connectivity index (χ4v) is 3.71. The summed E-state index contributed by atoms with van der Waals surface area (Å²) in [6, 6.07) is 0. The van der Waals surface area contributed by atoms with Crippen molar-refractivity contribution in [3.05, 3.63) is 0 Å². The Morgan fingerprint density at radius 1 is 0.517 bits per heavy atom. The highest BCUT2D eigenvalue weighted by Crippen LogP contribution is 2.19. The molecule has 2 atom stereocenters. The number of carbonyl (C=O) groups is 2. The van der Waals surface area contributed by atoms with E-state index in [-0.39, 0.29) is 23.8 Å². The molecule has 29 heavy (non-hydrogen) atoms. The molecule has 0 aliphatic rings. The molecule has 0 saturated carbocycles. The molecule has 0 bridgehead atoms. The number of rotatable bonds is 22. The molecule has 0 rings (SSSR count). The molecule has 0 aliphatic heterocycles. The van der Waals surface area contributed by atoms with Gasteiger partial charge in [0.05, 0.1) is 0 Å². The molecule has 0 heterocycles. The predicted octanol–water partition coefficient (Wildman–Crippen LogP) is 7.98. The van der Waals surface area contributed by atoms with E-state index in [1.54, 1.807) is 0 Å². The van der Waals surface area contributed by atoms with Gasteiger partial charge in [0.1, 0.15) is 12.2 Å². The fraction of sp³-hybridized carbons (Fsp3) is 0.923. The molecule has 0 aliphatic carbocycles. The van der Waals surface area contributed by atoms with Crippen LogP contribution < -0.4 is 0 Å². The predicted molar refractivity (Wildman–Crippen MR) is 124 cm³/mol. The Kier molecular flexibility index (Phi) is 20.1. The normalized spacial score (nSPS) is 13.4. The monoisotopic (exact) mass is 410 g/mol. The van der Waals surface area contributed by atoms with E-state index in [4.69, 9.17) is 4.74 Å². The molecule has 0 radical (unpaired) electrons. The molecule has 0 spiro atoms. The van der Waals surface area contributed by atoms with Crippen LogP contribution >= 0.6 is 0 Å². The van der Waals surface area contributed by atoms with Gasteiger partial charge >= 0.3 is 0 Å². The van der Waals surface area contributed by atoms with Gasteiger partial charge in [0, 0.05) is 12.8 Å². The molecule has 0 saturated heterocycles. The third-order valence-electron chi connectivity index (χ3n) is 5.74. The van der Waals surface area contributed by atoms with Crippen molar-refractivity contribution in [2.24, 2.45) is 0 Å². The Balaban J connectivity index is 4.69. The average Bonchev–Trinajstić information content (AvgIpc) is 2.72. The minimum atomic E-state index is -0.382. The topological polar surface area (TPSA) is 43.4 Å². The highest BCUT2D eigenvalue weighted by molar-refractivity contribution is 5.85. The van der Waals surface area contributed by atoms with Crippen LogP contribution in [0.3, 0.4) is 0 Å². The van der Waals surface area contributed by atoms with Crippen LogP contribution in [0.15, 0.2) is 0 Å². The number of carbonyl (C=O) groups excluding carboxylic acids is 2. The largest absolute Gasteiger partial charge is 0.359 e. The third-order valence-corrected chi connectivity index (χ3v) is 5.74. The smallest absolute Gasteiger partial charge is 0.161 e. The van der Waals surface area contributed by atoms with Gasteiger partial charge < -0.3 is 4.74 Å². The van der Waals surface area contributed by atoms with Crippen LogP contribution in [0.5, 0.6) is 0 Å². The second-order valence-electron chi connectivity index (χ2n) is 8.66. The lowest BCUT2D eigenvalue weighted by molar-refractivity contribution is -0.145. The maximum atomic E-state index is 12.8. The highest BCUT2D eigenvalue weighted by atomic mass is 16.5. The van der Waals surface area contributed by atoms with Crippen molar-refractivity contribution in [3.8, 4) is 0 Å². The molecule has 3 nitrogen and oxygen atoms in total. The summed E-state index contributed by atoms with van der Waals surface area (Å²) < 4.78 is 6.24. The lowest BCUT2D eigenvalue weighted by atomic mass is 9.99. The van der Waals surface area contributed by atoms with E-state index >= 15 is 0 Å². The minimum absolute atomic E-state index is 0.215. The Labute approximate surface area is 181 Å². The number of ether oxygens (including phenoxy) is 1. The van der Waals surface area contributed by atoms with Gasteiger partial charge in [0.25, 0.3) is 0 Å². The zero-order chi connectivity index (χ0) is 21.7. The fourth-order valence-electron chi connectivity index (χ4n) is 3.71. The minimum Gasteiger partial charge on any atom is -0.359 e. The summed E-state index contributed by atoms with van der Waals surface area (Å²) in [6.07, 6.45) is 17.5. The summed E-state index contributed by atoms with van der Waals surface area (Å²) in [4.78, 5) is 25.6. The number of unbranched alkanes of at least 4 members (excludes halogenated alkanes) is 10. The first-order valence-corrected chi connectivity index (χ1v) is 12.8. The third kappa shape index (κ3) is 15.8. The van der Waals surface area contributed by atoms with E-state index in [9.17, 15) is 9.59 Å². The van der Waals surface area contributed by atoms with Crippen LogP contribution in [-0.4, -0.2) is 23.8 Å². The quantitative estimate of drug-likeness (QED) is 0.170. The van der Waals surface area contributed by atoms with Gasteiger partial charge in [-0.25, -0.2) is 0 Å². The van der Waals surface area contributed by atoms with Gasteiger partial charge in [-0.15, -0.1) is 0 Å². The first kappa shape index (κ1) is 28.3. The van der Waals surface area contributed by atoms with E-state index in [0.29, 0.717) is 12.8 Å². The van der Waals surface area contributed by atoms with Crippen molar-refractivity contribution >= 4 is 11.6 Å². The Bertz CT molecular complexity index is 355. The number of Topliss-reactive ketones (excluding diaryl/α,β-unsaturated/α-hetero) is 2. The van der Waals surface area contributed by atoms with Crippen LogP contribution in [0.2, 0.25) is 0 Å². The van der Waals surface area contributed by atoms with E-state index in [0.717, 1.165) is 64.2 Å². The summed E-state index contributed by atoms with van der Waals surface area (Å²) in [5.41, 5.74) is 0. The Morgan fingerprint density at radius 2 is 0.862 bits per heavy atom. The highest BCUT2D eigenvalue weighted by Gasteiger charge is 2.26. The van der Waals surface area contributed by atoms with Crippen molar-refractivity contribution in [2.75, 3.05) is 0 Å². The second kappa shape index (κ2) is 20.6. The van der Waals surface area contributed by atoms with Gasteiger partial charge in [-0.05, 0) is 25.7 Å².